The van der Waals surface area contributed by atoms with Crippen LogP contribution in [0.3, 0.4) is 0 Å². The molecule has 0 saturated carbocycles. The van der Waals surface area contributed by atoms with Gasteiger partial charge >= 0.3 is 0 Å². The first-order valence-electron chi connectivity index (χ1n) is 4.63. The van der Waals surface area contributed by atoms with Gasteiger partial charge in [-0.3, -0.25) is 10.1 Å². The van der Waals surface area contributed by atoms with Crippen LogP contribution in [0.1, 0.15) is 12.5 Å². The summed E-state index contributed by atoms with van der Waals surface area (Å²) >= 11 is 6.92. The maximum absolute atomic E-state index is 13.2. The Bertz CT molecular complexity index is 414. The number of rotatable bonds is 4. The molecule has 1 aromatic rings. The van der Waals surface area contributed by atoms with Gasteiger partial charge in [0.15, 0.2) is 0 Å². The van der Waals surface area contributed by atoms with Crippen LogP contribution < -0.4 is 0 Å². The van der Waals surface area contributed by atoms with E-state index < -0.39 is 10.7 Å². The molecule has 1 unspecified atom stereocenters. The van der Waals surface area contributed by atoms with Crippen molar-refractivity contribution in [2.24, 2.45) is 0 Å². The fourth-order valence-corrected chi connectivity index (χ4v) is 2.31. The van der Waals surface area contributed by atoms with Crippen molar-refractivity contribution in [2.75, 3.05) is 5.88 Å². The number of hydrogen-bond acceptors (Lipinski definition) is 3. The first-order valence-corrected chi connectivity index (χ1v) is 6.04. The topological polar surface area (TPSA) is 43.1 Å². The molecule has 6 heteroatoms. The number of benzene rings is 1. The smallest absolute Gasteiger partial charge is 0.258 e. The molecule has 16 heavy (non-hydrogen) atoms. The van der Waals surface area contributed by atoms with Crippen LogP contribution in [-0.2, 0) is 0 Å². The molecule has 1 aromatic carbocycles. The zero-order chi connectivity index (χ0) is 12.3. The van der Waals surface area contributed by atoms with Gasteiger partial charge in [-0.05, 0) is 18.6 Å². The molecule has 0 N–H and O–H groups in total. The largest absolute Gasteiger partial charge is 0.285 e. The maximum atomic E-state index is 13.2. The maximum Gasteiger partial charge on any atom is 0.285 e. The Morgan fingerprint density at radius 1 is 1.62 bits per heavy atom. The summed E-state index contributed by atoms with van der Waals surface area (Å²) in [7, 11) is 0. The molecule has 0 bridgehead atoms. The molecule has 0 aliphatic carbocycles. The minimum absolute atomic E-state index is 0.0465. The summed E-state index contributed by atoms with van der Waals surface area (Å²) in [6, 6.07) is 2.44. The van der Waals surface area contributed by atoms with Gasteiger partial charge in [-0.2, -0.15) is 0 Å². The summed E-state index contributed by atoms with van der Waals surface area (Å²) < 4.78 is 13.2. The van der Waals surface area contributed by atoms with E-state index in [9.17, 15) is 14.5 Å². The lowest BCUT2D eigenvalue weighted by atomic mass is 10.2. The fourth-order valence-electron chi connectivity index (χ4n) is 1.13. The van der Waals surface area contributed by atoms with E-state index in [0.717, 1.165) is 6.07 Å². The lowest BCUT2D eigenvalue weighted by Gasteiger charge is -2.08. The standard InChI is InChI=1S/C10H11ClFNO2S/c1-6-3-10(16-7(2)5-11)9(13(14)15)4-8(6)12/h3-4,7H,5H2,1-2H3. The first kappa shape index (κ1) is 13.3. The lowest BCUT2D eigenvalue weighted by Crippen LogP contribution is -2.00. The van der Waals surface area contributed by atoms with Crippen molar-refractivity contribution in [3.8, 4) is 0 Å². The summed E-state index contributed by atoms with van der Waals surface area (Å²) in [4.78, 5) is 10.6. The van der Waals surface area contributed by atoms with E-state index in [2.05, 4.69) is 0 Å². The van der Waals surface area contributed by atoms with Crippen LogP contribution in [-0.4, -0.2) is 16.1 Å². The van der Waals surface area contributed by atoms with E-state index in [-0.39, 0.29) is 10.9 Å². The van der Waals surface area contributed by atoms with E-state index in [4.69, 9.17) is 11.6 Å². The van der Waals surface area contributed by atoms with Gasteiger partial charge in [0, 0.05) is 11.1 Å². The second-order valence-corrected chi connectivity index (χ2v) is 5.20. The summed E-state index contributed by atoms with van der Waals surface area (Å²) in [5.41, 5.74) is 0.194. The van der Waals surface area contributed by atoms with E-state index in [1.54, 1.807) is 6.92 Å². The summed E-state index contributed by atoms with van der Waals surface area (Å²) in [6.45, 7) is 3.44. The van der Waals surface area contributed by atoms with E-state index in [1.165, 1.54) is 17.8 Å². The molecule has 0 radical (unpaired) electrons. The Kier molecular flexibility index (Phi) is 4.56. The molecular weight excluding hydrogens is 253 g/mol. The van der Waals surface area contributed by atoms with Crippen molar-refractivity contribution in [1.82, 2.24) is 0 Å². The number of aryl methyl sites for hydroxylation is 1. The summed E-state index contributed by atoms with van der Waals surface area (Å²) in [5.74, 6) is -0.173. The molecule has 88 valence electrons. The monoisotopic (exact) mass is 263 g/mol. The van der Waals surface area contributed by atoms with E-state index >= 15 is 0 Å². The van der Waals surface area contributed by atoms with Crippen molar-refractivity contribution < 1.29 is 9.31 Å². The van der Waals surface area contributed by atoms with Crippen LogP contribution in [0.2, 0.25) is 0 Å². The Labute approximate surface area is 102 Å². The van der Waals surface area contributed by atoms with Gasteiger partial charge in [0.2, 0.25) is 0 Å². The third-order valence-electron chi connectivity index (χ3n) is 1.98. The SMILES string of the molecule is Cc1cc(SC(C)CCl)c([N+](=O)[O-])cc1F. The van der Waals surface area contributed by atoms with Crippen LogP contribution >= 0.6 is 23.4 Å². The molecule has 1 atom stereocenters. The highest BCUT2D eigenvalue weighted by atomic mass is 35.5. The van der Waals surface area contributed by atoms with Gasteiger partial charge in [-0.25, -0.2) is 4.39 Å². The molecule has 0 aliphatic heterocycles. The number of nitrogens with zero attached hydrogens (tertiary/aromatic N) is 1. The molecule has 1 rings (SSSR count). The van der Waals surface area contributed by atoms with Crippen molar-refractivity contribution in [2.45, 2.75) is 24.0 Å². The number of nitro groups is 1. The lowest BCUT2D eigenvalue weighted by molar-refractivity contribution is -0.387. The van der Waals surface area contributed by atoms with Gasteiger partial charge in [0.25, 0.3) is 5.69 Å². The minimum Gasteiger partial charge on any atom is -0.258 e. The normalized spacial score (nSPS) is 12.5. The zero-order valence-corrected chi connectivity index (χ0v) is 10.4. The molecule has 0 saturated heterocycles. The molecule has 0 heterocycles. The molecule has 3 nitrogen and oxygen atoms in total. The highest BCUT2D eigenvalue weighted by Crippen LogP contribution is 2.34. The van der Waals surface area contributed by atoms with E-state index in [1.807, 2.05) is 6.92 Å². The Morgan fingerprint density at radius 3 is 2.75 bits per heavy atom. The number of alkyl halides is 1. The van der Waals surface area contributed by atoms with Gasteiger partial charge < -0.3 is 0 Å². The van der Waals surface area contributed by atoms with Crippen molar-refractivity contribution >= 4 is 29.1 Å². The fraction of sp³-hybridized carbons (Fsp3) is 0.400. The second kappa shape index (κ2) is 5.50. The number of nitro benzene ring substituents is 1. The minimum atomic E-state index is -0.578. The van der Waals surface area contributed by atoms with Crippen molar-refractivity contribution in [3.63, 3.8) is 0 Å². The van der Waals surface area contributed by atoms with Crippen LogP contribution in [0.5, 0.6) is 0 Å². The number of thioether (sulfide) groups is 1. The highest BCUT2D eigenvalue weighted by Gasteiger charge is 2.19. The van der Waals surface area contributed by atoms with Gasteiger partial charge in [-0.15, -0.1) is 23.4 Å². The first-order chi connectivity index (χ1) is 7.45. The van der Waals surface area contributed by atoms with Crippen LogP contribution in [0, 0.1) is 22.9 Å². The second-order valence-electron chi connectivity index (χ2n) is 3.41. The third kappa shape index (κ3) is 3.09. The Morgan fingerprint density at radius 2 is 2.25 bits per heavy atom. The van der Waals surface area contributed by atoms with Crippen molar-refractivity contribution in [3.05, 3.63) is 33.6 Å². The molecule has 0 fully saturated rings. The average molecular weight is 264 g/mol. The summed E-state index contributed by atoms with van der Waals surface area (Å²) in [6.07, 6.45) is 0. The number of halogens is 2. The van der Waals surface area contributed by atoms with Crippen LogP contribution in [0.25, 0.3) is 0 Å². The Hall–Kier alpha value is -0.810. The molecule has 0 amide bonds. The third-order valence-corrected chi connectivity index (χ3v) is 3.78. The van der Waals surface area contributed by atoms with Crippen LogP contribution in [0.15, 0.2) is 17.0 Å². The summed E-state index contributed by atoms with van der Waals surface area (Å²) in [5, 5.41) is 10.8. The average Bonchev–Trinajstić information content (AvgIpc) is 2.22. The zero-order valence-electron chi connectivity index (χ0n) is 8.87. The molecule has 0 aliphatic rings. The van der Waals surface area contributed by atoms with Gasteiger partial charge in [-0.1, -0.05) is 6.92 Å². The van der Waals surface area contributed by atoms with Gasteiger partial charge in [0.1, 0.15) is 5.82 Å². The predicted octanol–water partition coefficient (Wildman–Crippen LogP) is 3.76. The van der Waals surface area contributed by atoms with Gasteiger partial charge in [0.05, 0.1) is 15.9 Å². The van der Waals surface area contributed by atoms with Crippen molar-refractivity contribution in [1.29, 1.82) is 0 Å². The molecular formula is C10H11ClFNO2S. The Balaban J connectivity index is 3.14. The highest BCUT2D eigenvalue weighted by molar-refractivity contribution is 8.00. The predicted molar refractivity (Wildman–Crippen MR) is 63.8 cm³/mol. The molecule has 0 aromatic heterocycles. The van der Waals surface area contributed by atoms with Crippen LogP contribution in [0.4, 0.5) is 10.1 Å². The van der Waals surface area contributed by atoms with E-state index in [0.29, 0.717) is 16.3 Å². The molecule has 0 spiro atoms. The quantitative estimate of drug-likeness (QED) is 0.359. The number of hydrogen-bond donors (Lipinski definition) is 0.